The van der Waals surface area contributed by atoms with E-state index in [9.17, 15) is 15.3 Å². The zero-order valence-corrected chi connectivity index (χ0v) is 20.1. The molecule has 4 N–H and O–H groups in total. The lowest BCUT2D eigenvalue weighted by molar-refractivity contribution is -0.301. The number of ether oxygens (including phenoxy) is 5. The third-order valence-corrected chi connectivity index (χ3v) is 8.52. The van der Waals surface area contributed by atoms with E-state index in [4.69, 9.17) is 23.7 Å². The Labute approximate surface area is 201 Å². The molecule has 4 aliphatic rings. The van der Waals surface area contributed by atoms with Crippen molar-refractivity contribution < 1.29 is 39.0 Å². The molecule has 6 atom stereocenters. The Morgan fingerprint density at radius 2 is 1.86 bits per heavy atom. The Bertz CT molecular complexity index is 1470. The van der Waals surface area contributed by atoms with E-state index in [0.717, 1.165) is 16.8 Å². The van der Waals surface area contributed by atoms with Gasteiger partial charge in [0, 0.05) is 41.6 Å². The van der Waals surface area contributed by atoms with Crippen LogP contribution in [0.25, 0.3) is 21.5 Å². The van der Waals surface area contributed by atoms with Gasteiger partial charge in [-0.1, -0.05) is 0 Å². The topological polar surface area (TPSA) is 122 Å². The molecule has 4 heterocycles. The monoisotopic (exact) mass is 481 g/mol. The molecule has 3 saturated heterocycles. The molecule has 2 bridgehead atoms. The lowest BCUT2D eigenvalue weighted by atomic mass is 9.78. The Morgan fingerprint density at radius 3 is 2.51 bits per heavy atom. The minimum Gasteiger partial charge on any atom is -0.507 e. The number of epoxide rings is 1. The first-order valence-corrected chi connectivity index (χ1v) is 11.7. The van der Waals surface area contributed by atoms with Crippen molar-refractivity contribution in [2.24, 2.45) is 0 Å². The minimum absolute atomic E-state index is 0.0269. The highest BCUT2D eigenvalue weighted by Crippen LogP contribution is 2.71. The number of fused-ring (bicyclic) bond motifs is 8. The van der Waals surface area contributed by atoms with Crippen LogP contribution in [0.4, 0.5) is 5.69 Å². The highest BCUT2D eigenvalue weighted by atomic mass is 16.9. The van der Waals surface area contributed by atoms with Crippen LogP contribution < -0.4 is 10.1 Å². The second kappa shape index (κ2) is 6.29. The molecule has 3 aromatic rings. The van der Waals surface area contributed by atoms with E-state index in [0.29, 0.717) is 27.1 Å². The summed E-state index contributed by atoms with van der Waals surface area (Å²) in [5.74, 6) is -2.96. The number of nitrogens with one attached hydrogen (secondary N) is 1. The van der Waals surface area contributed by atoms with Gasteiger partial charge < -0.3 is 44.3 Å². The van der Waals surface area contributed by atoms with E-state index in [2.05, 4.69) is 5.32 Å². The largest absolute Gasteiger partial charge is 0.507 e. The summed E-state index contributed by atoms with van der Waals surface area (Å²) < 4.78 is 30.6. The van der Waals surface area contributed by atoms with Gasteiger partial charge in [-0.2, -0.15) is 0 Å². The van der Waals surface area contributed by atoms with Crippen molar-refractivity contribution in [3.05, 3.63) is 34.9 Å². The number of hydrogen-bond acceptors (Lipinski definition) is 9. The molecule has 0 radical (unpaired) electrons. The van der Waals surface area contributed by atoms with Crippen LogP contribution in [0.3, 0.4) is 0 Å². The average molecular weight is 482 g/mol. The highest BCUT2D eigenvalue weighted by molar-refractivity contribution is 6.15. The summed E-state index contributed by atoms with van der Waals surface area (Å²) in [6.07, 6.45) is -2.07. The number of benzene rings is 3. The van der Waals surface area contributed by atoms with Gasteiger partial charge >= 0.3 is 0 Å². The average Bonchev–Trinajstić information content (AvgIpc) is 3.51. The zero-order chi connectivity index (χ0) is 24.7. The number of aryl methyl sites for hydroxylation is 2. The summed E-state index contributed by atoms with van der Waals surface area (Å²) >= 11 is 0. The number of rotatable bonds is 3. The fourth-order valence-electron chi connectivity index (χ4n) is 6.58. The number of aromatic hydroxyl groups is 2. The Morgan fingerprint density at radius 1 is 1.11 bits per heavy atom. The van der Waals surface area contributed by atoms with Crippen LogP contribution in [0.5, 0.6) is 17.2 Å². The fraction of sp³-hybridized carbons (Fsp3) is 0.462. The smallest absolute Gasteiger partial charge is 0.274 e. The molecule has 7 rings (SSSR count). The van der Waals surface area contributed by atoms with Gasteiger partial charge in [0.15, 0.2) is 6.10 Å². The summed E-state index contributed by atoms with van der Waals surface area (Å²) in [4.78, 5) is 0. The third kappa shape index (κ3) is 2.11. The van der Waals surface area contributed by atoms with Gasteiger partial charge in [-0.05, 0) is 50.1 Å². The number of aliphatic hydroxyl groups is 1. The molecular formula is C26H27NO8. The highest BCUT2D eigenvalue weighted by Gasteiger charge is 2.91. The summed E-state index contributed by atoms with van der Waals surface area (Å²) in [7, 11) is 3.35. The molecule has 0 saturated carbocycles. The first kappa shape index (κ1) is 21.5. The molecule has 0 aliphatic carbocycles. The molecule has 184 valence electrons. The molecule has 35 heavy (non-hydrogen) atoms. The SMILES string of the molecule is CNc1ccc2c(O)c3cc(C)c4c(c3c(O)c2c1C)OC1(O)C2OC(C(C)OC)(O[C@H]42)C12CO2. The van der Waals surface area contributed by atoms with Crippen molar-refractivity contribution in [3.8, 4) is 17.2 Å². The number of phenolic OH excluding ortho intramolecular Hbond substituents is 2. The Kier molecular flexibility index (Phi) is 3.86. The van der Waals surface area contributed by atoms with Crippen molar-refractivity contribution in [2.45, 2.75) is 56.3 Å². The van der Waals surface area contributed by atoms with E-state index >= 15 is 0 Å². The van der Waals surface area contributed by atoms with E-state index < -0.39 is 35.5 Å². The first-order valence-electron chi connectivity index (χ1n) is 11.7. The molecule has 3 aromatic carbocycles. The molecule has 0 amide bonds. The van der Waals surface area contributed by atoms with Gasteiger partial charge in [0.2, 0.25) is 11.4 Å². The lowest BCUT2D eigenvalue weighted by Gasteiger charge is -2.47. The second-order valence-corrected chi connectivity index (χ2v) is 10.0. The summed E-state index contributed by atoms with van der Waals surface area (Å²) in [5.41, 5.74) is 1.76. The fourth-order valence-corrected chi connectivity index (χ4v) is 6.58. The van der Waals surface area contributed by atoms with Crippen LogP contribution in [-0.2, 0) is 18.9 Å². The Hall–Kier alpha value is -2.82. The number of phenols is 2. The van der Waals surface area contributed by atoms with Gasteiger partial charge in [-0.25, -0.2) is 0 Å². The molecule has 4 aliphatic heterocycles. The van der Waals surface area contributed by atoms with Crippen molar-refractivity contribution in [1.29, 1.82) is 0 Å². The summed E-state index contributed by atoms with van der Waals surface area (Å²) in [6.45, 7) is 5.73. The van der Waals surface area contributed by atoms with Crippen LogP contribution >= 0.6 is 0 Å². The van der Waals surface area contributed by atoms with Crippen LogP contribution in [0, 0.1) is 13.8 Å². The molecule has 9 nitrogen and oxygen atoms in total. The van der Waals surface area contributed by atoms with Gasteiger partial charge in [-0.15, -0.1) is 0 Å². The predicted molar refractivity (Wildman–Crippen MR) is 126 cm³/mol. The lowest BCUT2D eigenvalue weighted by Crippen LogP contribution is -2.68. The Balaban J connectivity index is 1.56. The molecule has 9 heteroatoms. The maximum atomic E-state index is 12.0. The van der Waals surface area contributed by atoms with Crippen molar-refractivity contribution in [1.82, 2.24) is 0 Å². The van der Waals surface area contributed by atoms with E-state index in [1.54, 1.807) is 20.2 Å². The normalized spacial score (nSPS) is 34.9. The number of methoxy groups -OCH3 is 1. The van der Waals surface area contributed by atoms with Crippen molar-refractivity contribution >= 4 is 27.2 Å². The molecule has 1 spiro atoms. The van der Waals surface area contributed by atoms with E-state index in [-0.39, 0.29) is 23.9 Å². The molecular weight excluding hydrogens is 454 g/mol. The molecule has 5 unspecified atom stereocenters. The molecule has 0 aromatic heterocycles. The minimum atomic E-state index is -1.87. The summed E-state index contributed by atoms with van der Waals surface area (Å²) in [6, 6.07) is 5.44. The van der Waals surface area contributed by atoms with Gasteiger partial charge in [0.05, 0.1) is 12.0 Å². The van der Waals surface area contributed by atoms with Crippen molar-refractivity contribution in [2.75, 3.05) is 26.1 Å². The van der Waals surface area contributed by atoms with Crippen LogP contribution in [0.2, 0.25) is 0 Å². The summed E-state index contributed by atoms with van der Waals surface area (Å²) in [5, 5.41) is 39.7. The quantitative estimate of drug-likeness (QED) is 0.254. The van der Waals surface area contributed by atoms with Crippen LogP contribution in [-0.4, -0.2) is 65.5 Å². The van der Waals surface area contributed by atoms with Crippen LogP contribution in [0.15, 0.2) is 18.2 Å². The second-order valence-electron chi connectivity index (χ2n) is 10.0. The van der Waals surface area contributed by atoms with Gasteiger partial charge in [0.1, 0.15) is 29.5 Å². The first-order chi connectivity index (χ1) is 16.7. The standard InChI is InChI=1S/C26H27NO8/c1-10-8-14-18(20(29)17-11(2)15(27-4)7-6-13(17)19(14)28)21-16(10)22-23-25(30,33-21)24(9-32-24)26(34-22,35-23)12(3)31-5/h6-8,12,22-23,27-30H,9H2,1-5H3/t12?,22-,23?,24?,25?,26?/m1/s1. The van der Waals surface area contributed by atoms with Crippen LogP contribution in [0.1, 0.15) is 29.7 Å². The number of anilines is 1. The van der Waals surface area contributed by atoms with Crippen molar-refractivity contribution in [3.63, 3.8) is 0 Å². The van der Waals surface area contributed by atoms with E-state index in [1.807, 2.05) is 32.9 Å². The number of hydrogen-bond donors (Lipinski definition) is 4. The third-order valence-electron chi connectivity index (χ3n) is 8.52. The molecule has 3 fully saturated rings. The van der Waals surface area contributed by atoms with E-state index in [1.165, 1.54) is 0 Å². The zero-order valence-electron chi connectivity index (χ0n) is 20.1. The van der Waals surface area contributed by atoms with Gasteiger partial charge in [-0.3, -0.25) is 0 Å². The predicted octanol–water partition coefficient (Wildman–Crippen LogP) is 3.11. The maximum absolute atomic E-state index is 12.0. The van der Waals surface area contributed by atoms with Gasteiger partial charge in [0.25, 0.3) is 5.79 Å². The maximum Gasteiger partial charge on any atom is 0.274 e.